The summed E-state index contributed by atoms with van der Waals surface area (Å²) >= 11 is 0. The lowest BCUT2D eigenvalue weighted by molar-refractivity contribution is 0.102. The lowest BCUT2D eigenvalue weighted by Crippen LogP contribution is -2.21. The number of hydrogen-bond donors (Lipinski definition) is 4. The Bertz CT molecular complexity index is 336. The van der Waals surface area contributed by atoms with E-state index in [9.17, 15) is 0 Å². The fourth-order valence-corrected chi connectivity index (χ4v) is 0.899. The van der Waals surface area contributed by atoms with Crippen molar-refractivity contribution in [1.29, 1.82) is 0 Å². The maximum absolute atomic E-state index is 9.04. The van der Waals surface area contributed by atoms with Crippen LogP contribution in [0.25, 0.3) is 0 Å². The number of amidine groups is 1. The molecule has 1 atom stereocenters. The number of anilines is 1. The van der Waals surface area contributed by atoms with Crippen LogP contribution in [0.1, 0.15) is 5.69 Å². The summed E-state index contributed by atoms with van der Waals surface area (Å²) in [5.41, 5.74) is 12.1. The van der Waals surface area contributed by atoms with Gasteiger partial charge in [-0.05, 0) is 12.1 Å². The van der Waals surface area contributed by atoms with E-state index in [-0.39, 0.29) is 19.0 Å². The fourth-order valence-electron chi connectivity index (χ4n) is 0.899. The largest absolute Gasteiger partial charge is 0.397 e. The fraction of sp³-hybridized carbons (Fsp3) is 0.333. The van der Waals surface area contributed by atoms with Gasteiger partial charge < -0.3 is 21.7 Å². The van der Waals surface area contributed by atoms with Crippen molar-refractivity contribution < 1.29 is 10.2 Å². The van der Waals surface area contributed by atoms with Crippen LogP contribution in [0.5, 0.6) is 0 Å². The molecule has 0 aliphatic heterocycles. The summed E-state index contributed by atoms with van der Waals surface area (Å²) in [5, 5.41) is 17.6. The molecule has 0 saturated heterocycles. The number of aliphatic hydroxyl groups excluding tert-OH is 2. The molecule has 0 aromatic carbocycles. The van der Waals surface area contributed by atoms with Gasteiger partial charge in [-0.1, -0.05) is 0 Å². The van der Waals surface area contributed by atoms with E-state index in [0.717, 1.165) is 0 Å². The van der Waals surface area contributed by atoms with Crippen molar-refractivity contribution >= 4 is 11.5 Å². The van der Waals surface area contributed by atoms with Gasteiger partial charge in [-0.2, -0.15) is 0 Å². The molecule has 0 aliphatic rings. The molecule has 0 radical (unpaired) electrons. The molecule has 0 spiro atoms. The Morgan fingerprint density at radius 2 is 2.27 bits per heavy atom. The summed E-state index contributed by atoms with van der Waals surface area (Å²) in [6.07, 6.45) is 0.581. The van der Waals surface area contributed by atoms with Crippen LogP contribution in [0.3, 0.4) is 0 Å². The van der Waals surface area contributed by atoms with Gasteiger partial charge in [-0.25, -0.2) is 0 Å². The van der Waals surface area contributed by atoms with E-state index in [1.54, 1.807) is 12.1 Å². The second-order valence-electron chi connectivity index (χ2n) is 3.04. The predicted octanol–water partition coefficient (Wildman–Crippen LogP) is -1.28. The highest BCUT2D eigenvalue weighted by atomic mass is 16.3. The monoisotopic (exact) mass is 210 g/mol. The van der Waals surface area contributed by atoms with Crippen LogP contribution in [-0.4, -0.2) is 40.3 Å². The first-order valence-corrected chi connectivity index (χ1v) is 4.44. The van der Waals surface area contributed by atoms with Crippen LogP contribution in [0.4, 0.5) is 5.69 Å². The SMILES string of the molecule is NC(=NCC(O)CO)c1ccc(N)cn1. The Hall–Kier alpha value is -1.66. The predicted molar refractivity (Wildman–Crippen MR) is 57.3 cm³/mol. The number of pyridine rings is 1. The molecule has 1 aromatic rings. The van der Waals surface area contributed by atoms with E-state index < -0.39 is 6.10 Å². The average molecular weight is 210 g/mol. The van der Waals surface area contributed by atoms with Gasteiger partial charge in [0.15, 0.2) is 0 Å². The molecule has 82 valence electrons. The minimum Gasteiger partial charge on any atom is -0.397 e. The quantitative estimate of drug-likeness (QED) is 0.365. The number of aliphatic imine (C=N–C) groups is 1. The van der Waals surface area contributed by atoms with Gasteiger partial charge in [0.2, 0.25) is 0 Å². The van der Waals surface area contributed by atoms with Crippen molar-refractivity contribution in [3.8, 4) is 0 Å². The first kappa shape index (κ1) is 11.4. The molecule has 1 aromatic heterocycles. The maximum atomic E-state index is 9.04. The van der Waals surface area contributed by atoms with Crippen LogP contribution < -0.4 is 11.5 Å². The Morgan fingerprint density at radius 3 is 2.80 bits per heavy atom. The van der Waals surface area contributed by atoms with Crippen LogP contribution in [0.2, 0.25) is 0 Å². The number of hydrogen-bond acceptors (Lipinski definition) is 5. The number of aliphatic hydroxyl groups is 2. The van der Waals surface area contributed by atoms with Gasteiger partial charge in [0.1, 0.15) is 11.5 Å². The van der Waals surface area contributed by atoms with E-state index >= 15 is 0 Å². The highest BCUT2D eigenvalue weighted by Crippen LogP contribution is 2.00. The van der Waals surface area contributed by atoms with Gasteiger partial charge >= 0.3 is 0 Å². The highest BCUT2D eigenvalue weighted by molar-refractivity contribution is 5.95. The number of rotatable bonds is 4. The molecular weight excluding hydrogens is 196 g/mol. The zero-order valence-electron chi connectivity index (χ0n) is 8.17. The van der Waals surface area contributed by atoms with E-state index in [1.165, 1.54) is 6.20 Å². The number of nitrogens with two attached hydrogens (primary N) is 2. The molecule has 0 aliphatic carbocycles. The second-order valence-corrected chi connectivity index (χ2v) is 3.04. The summed E-state index contributed by atoms with van der Waals surface area (Å²) in [5.74, 6) is 0.211. The summed E-state index contributed by atoms with van der Waals surface area (Å²) in [6.45, 7) is -0.291. The number of nitrogen functional groups attached to an aromatic ring is 1. The van der Waals surface area contributed by atoms with E-state index in [4.69, 9.17) is 21.7 Å². The Labute approximate surface area is 87.3 Å². The van der Waals surface area contributed by atoms with Crippen molar-refractivity contribution in [2.24, 2.45) is 10.7 Å². The zero-order valence-corrected chi connectivity index (χ0v) is 8.17. The smallest absolute Gasteiger partial charge is 0.144 e. The molecule has 6 nitrogen and oxygen atoms in total. The minimum absolute atomic E-state index is 0.0500. The third-order valence-electron chi connectivity index (χ3n) is 1.73. The van der Waals surface area contributed by atoms with Gasteiger partial charge in [0.05, 0.1) is 31.1 Å². The van der Waals surface area contributed by atoms with E-state index in [1.807, 2.05) is 0 Å². The third-order valence-corrected chi connectivity index (χ3v) is 1.73. The summed E-state index contributed by atoms with van der Waals surface area (Å²) in [7, 11) is 0. The molecule has 1 rings (SSSR count). The first-order chi connectivity index (χ1) is 7.13. The molecule has 0 fully saturated rings. The zero-order chi connectivity index (χ0) is 11.3. The molecule has 15 heavy (non-hydrogen) atoms. The molecule has 6 heteroatoms. The van der Waals surface area contributed by atoms with Gasteiger partial charge in [0, 0.05) is 0 Å². The van der Waals surface area contributed by atoms with E-state index in [2.05, 4.69) is 9.98 Å². The van der Waals surface area contributed by atoms with Crippen LogP contribution in [-0.2, 0) is 0 Å². The molecule has 6 N–H and O–H groups in total. The molecule has 0 bridgehead atoms. The topological polar surface area (TPSA) is 118 Å². The average Bonchev–Trinajstić information content (AvgIpc) is 2.26. The van der Waals surface area contributed by atoms with Crippen molar-refractivity contribution in [2.75, 3.05) is 18.9 Å². The maximum Gasteiger partial charge on any atom is 0.144 e. The van der Waals surface area contributed by atoms with Crippen molar-refractivity contribution in [2.45, 2.75) is 6.10 Å². The summed E-state index contributed by atoms with van der Waals surface area (Å²) < 4.78 is 0. The minimum atomic E-state index is -0.891. The standard InChI is InChI=1S/C9H14N4O2/c10-6-1-2-8(12-3-6)9(11)13-4-7(15)5-14/h1-3,7,14-15H,4-5,10H2,(H2,11,13). The lowest BCUT2D eigenvalue weighted by atomic mass is 10.3. The van der Waals surface area contributed by atoms with E-state index in [0.29, 0.717) is 11.4 Å². The summed E-state index contributed by atoms with van der Waals surface area (Å²) in [6, 6.07) is 3.30. The molecule has 0 saturated carbocycles. The first-order valence-electron chi connectivity index (χ1n) is 4.44. The second kappa shape index (κ2) is 5.28. The van der Waals surface area contributed by atoms with Crippen LogP contribution in [0, 0.1) is 0 Å². The highest BCUT2D eigenvalue weighted by Gasteiger charge is 2.02. The van der Waals surface area contributed by atoms with Crippen molar-refractivity contribution in [3.63, 3.8) is 0 Å². The third kappa shape index (κ3) is 3.53. The Balaban J connectivity index is 2.67. The normalized spacial score (nSPS) is 13.9. The molecule has 0 amide bonds. The Kier molecular flexibility index (Phi) is 4.02. The van der Waals surface area contributed by atoms with Gasteiger partial charge in [-0.15, -0.1) is 0 Å². The molecule has 1 heterocycles. The van der Waals surface area contributed by atoms with Gasteiger partial charge in [0.25, 0.3) is 0 Å². The van der Waals surface area contributed by atoms with Crippen LogP contribution >= 0.6 is 0 Å². The lowest BCUT2D eigenvalue weighted by Gasteiger charge is -2.04. The molecule has 1 unspecified atom stereocenters. The number of nitrogens with zero attached hydrogens (tertiary/aromatic N) is 2. The van der Waals surface area contributed by atoms with Crippen molar-refractivity contribution in [3.05, 3.63) is 24.0 Å². The molecular formula is C9H14N4O2. The van der Waals surface area contributed by atoms with Crippen molar-refractivity contribution in [1.82, 2.24) is 4.98 Å². The van der Waals surface area contributed by atoms with Gasteiger partial charge in [-0.3, -0.25) is 9.98 Å². The number of aromatic nitrogens is 1. The van der Waals surface area contributed by atoms with Crippen LogP contribution in [0.15, 0.2) is 23.3 Å². The summed E-state index contributed by atoms with van der Waals surface area (Å²) in [4.78, 5) is 7.83. The Morgan fingerprint density at radius 1 is 1.53 bits per heavy atom.